The molecule has 162 valence electrons. The van der Waals surface area contributed by atoms with Gasteiger partial charge in [0.2, 0.25) is 0 Å². The molecule has 0 amide bonds. The van der Waals surface area contributed by atoms with E-state index in [1.807, 2.05) is 27.2 Å². The van der Waals surface area contributed by atoms with E-state index < -0.39 is 18.0 Å². The Hall–Kier alpha value is -1.62. The Morgan fingerprint density at radius 3 is 2.04 bits per heavy atom. The normalized spacial score (nSPS) is 13.3. The van der Waals surface area contributed by atoms with Gasteiger partial charge in [0, 0.05) is 18.5 Å². The molecule has 0 N–H and O–H groups in total. The number of carbonyl (C=O) groups excluding carboxylic acids is 2. The van der Waals surface area contributed by atoms with Crippen LogP contribution in [0.5, 0.6) is 0 Å². The molecule has 0 heterocycles. The highest BCUT2D eigenvalue weighted by Crippen LogP contribution is 2.10. The molecule has 0 bridgehead atoms. The Labute approximate surface area is 172 Å². The Bertz CT molecular complexity index is 477. The molecular weight excluding hydrogens is 354 g/mol. The van der Waals surface area contributed by atoms with Gasteiger partial charge in [0.15, 0.2) is 6.10 Å². The summed E-state index contributed by atoms with van der Waals surface area (Å²) < 4.78 is 5.76. The van der Waals surface area contributed by atoms with Gasteiger partial charge in [-0.1, -0.05) is 76.5 Å². The van der Waals surface area contributed by atoms with Crippen LogP contribution in [0.15, 0.2) is 24.3 Å². The van der Waals surface area contributed by atoms with Crippen LogP contribution in [0.2, 0.25) is 0 Å². The summed E-state index contributed by atoms with van der Waals surface area (Å²) >= 11 is 0. The topological polar surface area (TPSA) is 66.4 Å². The molecule has 0 fully saturated rings. The zero-order valence-electron chi connectivity index (χ0n) is 18.5. The third kappa shape index (κ3) is 19.2. The lowest BCUT2D eigenvalue weighted by Gasteiger charge is -2.28. The first-order valence-electron chi connectivity index (χ1n) is 10.8. The second-order valence-corrected chi connectivity index (χ2v) is 8.51. The maximum Gasteiger partial charge on any atom is 0.331 e. The fourth-order valence-corrected chi connectivity index (χ4v) is 3.03. The number of carbonyl (C=O) groups is 2. The van der Waals surface area contributed by atoms with Crippen molar-refractivity contribution in [3.8, 4) is 0 Å². The van der Waals surface area contributed by atoms with E-state index in [9.17, 15) is 14.7 Å². The number of allylic oxidation sites excluding steroid dienone is 3. The molecule has 28 heavy (non-hydrogen) atoms. The van der Waals surface area contributed by atoms with Crippen LogP contribution in [0.1, 0.15) is 77.6 Å². The van der Waals surface area contributed by atoms with Crippen molar-refractivity contribution >= 4 is 11.9 Å². The monoisotopic (exact) mass is 395 g/mol. The molecule has 0 rings (SSSR count). The van der Waals surface area contributed by atoms with E-state index in [2.05, 4.69) is 13.0 Å². The molecule has 5 nitrogen and oxygen atoms in total. The van der Waals surface area contributed by atoms with E-state index in [1.165, 1.54) is 63.9 Å². The molecule has 0 aromatic heterocycles. The number of esters is 1. The second-order valence-electron chi connectivity index (χ2n) is 8.51. The first kappa shape index (κ1) is 26.4. The van der Waals surface area contributed by atoms with E-state index in [0.717, 1.165) is 6.42 Å². The van der Waals surface area contributed by atoms with Gasteiger partial charge in [-0.05, 0) is 12.8 Å². The molecule has 0 radical (unpaired) electrons. The zero-order chi connectivity index (χ0) is 21.3. The third-order valence-corrected chi connectivity index (χ3v) is 4.38. The van der Waals surface area contributed by atoms with Gasteiger partial charge >= 0.3 is 5.97 Å². The quantitative estimate of drug-likeness (QED) is 0.124. The third-order valence-electron chi connectivity index (χ3n) is 4.38. The largest absolute Gasteiger partial charge is 0.550 e. The minimum atomic E-state index is -1.21. The number of carboxylic acids is 1. The number of hydrogen-bond acceptors (Lipinski definition) is 4. The lowest BCUT2D eigenvalue weighted by atomic mass is 10.1. The van der Waals surface area contributed by atoms with Gasteiger partial charge in [-0.3, -0.25) is 0 Å². The van der Waals surface area contributed by atoms with Crippen LogP contribution in [-0.4, -0.2) is 50.2 Å². The van der Waals surface area contributed by atoms with Crippen LogP contribution in [0.3, 0.4) is 0 Å². The Morgan fingerprint density at radius 1 is 0.929 bits per heavy atom. The molecule has 0 aliphatic carbocycles. The van der Waals surface area contributed by atoms with Crippen LogP contribution >= 0.6 is 0 Å². The number of hydrogen-bond donors (Lipinski definition) is 0. The average molecular weight is 396 g/mol. The molecule has 1 atom stereocenters. The average Bonchev–Trinajstić information content (AvgIpc) is 2.56. The number of aliphatic carboxylic acids is 1. The highest BCUT2D eigenvalue weighted by molar-refractivity contribution is 5.82. The van der Waals surface area contributed by atoms with Crippen molar-refractivity contribution < 1.29 is 23.9 Å². The first-order chi connectivity index (χ1) is 13.2. The lowest BCUT2D eigenvalue weighted by Crippen LogP contribution is -2.45. The highest BCUT2D eigenvalue weighted by atomic mass is 16.5. The fraction of sp³-hybridized carbons (Fsp3) is 0.739. The van der Waals surface area contributed by atoms with Crippen LogP contribution in [0.4, 0.5) is 0 Å². The van der Waals surface area contributed by atoms with Crippen molar-refractivity contribution in [1.82, 2.24) is 0 Å². The van der Waals surface area contributed by atoms with E-state index in [-0.39, 0.29) is 6.42 Å². The first-order valence-corrected chi connectivity index (χ1v) is 10.8. The van der Waals surface area contributed by atoms with Crippen LogP contribution < -0.4 is 5.11 Å². The van der Waals surface area contributed by atoms with Gasteiger partial charge in [-0.15, -0.1) is 0 Å². The van der Waals surface area contributed by atoms with E-state index in [1.54, 1.807) is 6.08 Å². The summed E-state index contributed by atoms with van der Waals surface area (Å²) in [5.74, 6) is -1.73. The number of nitrogens with zero attached hydrogens (tertiary/aromatic N) is 1. The van der Waals surface area contributed by atoms with E-state index in [0.29, 0.717) is 11.0 Å². The Balaban J connectivity index is 3.91. The van der Waals surface area contributed by atoms with Crippen molar-refractivity contribution in [2.45, 2.75) is 83.7 Å². The summed E-state index contributed by atoms with van der Waals surface area (Å²) in [5.41, 5.74) is 0. The predicted octanol–water partition coefficient (Wildman–Crippen LogP) is 3.78. The van der Waals surface area contributed by atoms with Crippen LogP contribution in [0, 0.1) is 0 Å². The number of likely N-dealkylation sites (N-methyl/N-ethyl adjacent to an activating group) is 1. The predicted molar refractivity (Wildman–Crippen MR) is 113 cm³/mol. The Morgan fingerprint density at radius 2 is 1.50 bits per heavy atom. The van der Waals surface area contributed by atoms with Crippen LogP contribution in [0.25, 0.3) is 0 Å². The molecule has 0 aliphatic heterocycles. The summed E-state index contributed by atoms with van der Waals surface area (Å²) in [7, 11) is 5.75. The maximum absolute atomic E-state index is 11.9. The van der Waals surface area contributed by atoms with Gasteiger partial charge in [0.1, 0.15) is 6.54 Å². The number of ether oxygens (including phenoxy) is 1. The molecule has 0 aromatic rings. The van der Waals surface area contributed by atoms with Gasteiger partial charge in [0.05, 0.1) is 21.1 Å². The lowest BCUT2D eigenvalue weighted by molar-refractivity contribution is -0.873. The second kappa shape index (κ2) is 16.3. The standard InChI is InChI=1S/C23H41NO4/c1-5-6-7-8-9-10-11-12-13-14-15-16-17-18-23(27)28-21(19-22(25)26)20-24(2,3)4/h15-18,21H,5-14,19-20H2,1-4H3. The number of unbranched alkanes of at least 4 members (excludes halogenated alkanes) is 9. The van der Waals surface area contributed by atoms with Crippen molar-refractivity contribution in [2.75, 3.05) is 27.7 Å². The Kier molecular flexibility index (Phi) is 15.4. The van der Waals surface area contributed by atoms with Gasteiger partial charge in [-0.25, -0.2) is 4.79 Å². The smallest absolute Gasteiger partial charge is 0.331 e. The fourth-order valence-electron chi connectivity index (χ4n) is 3.03. The van der Waals surface area contributed by atoms with Crippen molar-refractivity contribution in [2.24, 2.45) is 0 Å². The van der Waals surface area contributed by atoms with Crippen molar-refractivity contribution in [1.29, 1.82) is 0 Å². The zero-order valence-corrected chi connectivity index (χ0v) is 18.5. The highest BCUT2D eigenvalue weighted by Gasteiger charge is 2.21. The summed E-state index contributed by atoms with van der Waals surface area (Å²) in [5, 5.41) is 10.8. The number of quaternary nitrogens is 1. The summed E-state index contributed by atoms with van der Waals surface area (Å²) in [6.45, 7) is 2.66. The molecule has 1 unspecified atom stereocenters. The van der Waals surface area contributed by atoms with Crippen molar-refractivity contribution in [3.05, 3.63) is 24.3 Å². The maximum atomic E-state index is 11.9. The molecule has 0 saturated heterocycles. The minimum Gasteiger partial charge on any atom is -0.550 e. The number of rotatable bonds is 17. The summed E-state index contributed by atoms with van der Waals surface area (Å²) in [6, 6.07) is 0. The van der Waals surface area contributed by atoms with Crippen LogP contribution in [-0.2, 0) is 14.3 Å². The summed E-state index contributed by atoms with van der Waals surface area (Å²) in [4.78, 5) is 22.7. The van der Waals surface area contributed by atoms with Crippen molar-refractivity contribution in [3.63, 3.8) is 0 Å². The van der Waals surface area contributed by atoms with E-state index >= 15 is 0 Å². The van der Waals surface area contributed by atoms with Gasteiger partial charge < -0.3 is 19.1 Å². The summed E-state index contributed by atoms with van der Waals surface area (Å²) in [6.07, 6.45) is 18.7. The number of carboxylic acid groups (broad SMARTS) is 1. The molecular formula is C23H41NO4. The van der Waals surface area contributed by atoms with E-state index in [4.69, 9.17) is 4.74 Å². The molecule has 0 aliphatic rings. The SMILES string of the molecule is CCCCCCCCCCCC=CC=CC(=O)OC(CC(=O)[O-])C[N+](C)(C)C. The molecule has 5 heteroatoms. The van der Waals surface area contributed by atoms with Gasteiger partial charge in [0.25, 0.3) is 0 Å². The molecule has 0 aromatic carbocycles. The minimum absolute atomic E-state index is 0.288. The van der Waals surface area contributed by atoms with Gasteiger partial charge in [-0.2, -0.15) is 0 Å². The molecule has 0 saturated carbocycles. The molecule has 0 spiro atoms.